The van der Waals surface area contributed by atoms with Gasteiger partial charge in [-0.15, -0.1) is 0 Å². The van der Waals surface area contributed by atoms with Crippen molar-refractivity contribution in [1.82, 2.24) is 0 Å². The van der Waals surface area contributed by atoms with Crippen LogP contribution in [0.3, 0.4) is 0 Å². The molecule has 0 aliphatic carbocycles. The third kappa shape index (κ3) is 3.00. The number of hydrogen-bond acceptors (Lipinski definition) is 4. The molecule has 0 amide bonds. The van der Waals surface area contributed by atoms with E-state index in [0.717, 1.165) is 5.56 Å². The van der Waals surface area contributed by atoms with Gasteiger partial charge in [-0.2, -0.15) is 0 Å². The number of aromatic carboxylic acids is 1. The summed E-state index contributed by atoms with van der Waals surface area (Å²) in [5.41, 5.74) is 0.778. The van der Waals surface area contributed by atoms with Gasteiger partial charge in [0.25, 0.3) is 0 Å². The first-order chi connectivity index (χ1) is 9.11. The SMILES string of the molecule is COc1cccc(Cl)c1CNc1ccc(C(=O)O)o1. The van der Waals surface area contributed by atoms with Gasteiger partial charge in [0.2, 0.25) is 5.76 Å². The molecule has 2 aromatic rings. The van der Waals surface area contributed by atoms with Gasteiger partial charge in [-0.3, -0.25) is 0 Å². The summed E-state index contributed by atoms with van der Waals surface area (Å²) in [5, 5.41) is 12.3. The molecular formula is C13H12ClNO4. The Bertz CT molecular complexity index is 594. The molecule has 0 unspecified atom stereocenters. The van der Waals surface area contributed by atoms with Crippen LogP contribution in [0.2, 0.25) is 5.02 Å². The first kappa shape index (κ1) is 13.3. The van der Waals surface area contributed by atoms with Gasteiger partial charge in [-0.05, 0) is 18.2 Å². The van der Waals surface area contributed by atoms with Gasteiger partial charge in [0.05, 0.1) is 7.11 Å². The van der Waals surface area contributed by atoms with E-state index in [9.17, 15) is 4.79 Å². The summed E-state index contributed by atoms with van der Waals surface area (Å²) in [6, 6.07) is 8.28. The second-order valence-corrected chi connectivity index (χ2v) is 4.15. The molecule has 19 heavy (non-hydrogen) atoms. The first-order valence-electron chi connectivity index (χ1n) is 5.50. The number of rotatable bonds is 5. The molecule has 0 fully saturated rings. The lowest BCUT2D eigenvalue weighted by Gasteiger charge is -2.10. The molecule has 1 heterocycles. The molecule has 1 aromatic carbocycles. The molecule has 1 aromatic heterocycles. The highest BCUT2D eigenvalue weighted by molar-refractivity contribution is 6.31. The average molecular weight is 282 g/mol. The van der Waals surface area contributed by atoms with E-state index in [4.69, 9.17) is 25.9 Å². The monoisotopic (exact) mass is 281 g/mol. The summed E-state index contributed by atoms with van der Waals surface area (Å²) >= 11 is 6.09. The molecular weight excluding hydrogens is 270 g/mol. The van der Waals surface area contributed by atoms with Crippen LogP contribution in [0.4, 0.5) is 5.88 Å². The number of hydrogen-bond donors (Lipinski definition) is 2. The minimum atomic E-state index is -1.11. The van der Waals surface area contributed by atoms with Crippen molar-refractivity contribution in [3.05, 3.63) is 46.7 Å². The molecule has 0 atom stereocenters. The molecule has 0 bridgehead atoms. The number of methoxy groups -OCH3 is 1. The van der Waals surface area contributed by atoms with Crippen molar-refractivity contribution in [1.29, 1.82) is 0 Å². The molecule has 0 spiro atoms. The maximum absolute atomic E-state index is 10.7. The summed E-state index contributed by atoms with van der Waals surface area (Å²) in [7, 11) is 1.56. The Kier molecular flexibility index (Phi) is 3.97. The molecule has 0 saturated heterocycles. The Morgan fingerprint density at radius 3 is 2.84 bits per heavy atom. The standard InChI is InChI=1S/C13H12ClNO4/c1-18-10-4-2-3-9(14)8(10)7-15-12-6-5-11(19-12)13(16)17/h2-6,15H,7H2,1H3,(H,16,17). The third-order valence-corrected chi connectivity index (χ3v) is 2.91. The molecule has 6 heteroatoms. The average Bonchev–Trinajstić information content (AvgIpc) is 2.86. The fraction of sp³-hybridized carbons (Fsp3) is 0.154. The normalized spacial score (nSPS) is 10.2. The van der Waals surface area contributed by atoms with Crippen LogP contribution in [-0.2, 0) is 6.54 Å². The highest BCUT2D eigenvalue weighted by Gasteiger charge is 2.11. The Morgan fingerprint density at radius 2 is 2.21 bits per heavy atom. The molecule has 0 saturated carbocycles. The maximum Gasteiger partial charge on any atom is 0.371 e. The molecule has 0 radical (unpaired) electrons. The molecule has 0 aliphatic heterocycles. The number of furan rings is 1. The summed E-state index contributed by atoms with van der Waals surface area (Å²) in [5.74, 6) is -0.207. The largest absolute Gasteiger partial charge is 0.496 e. The molecule has 5 nitrogen and oxygen atoms in total. The van der Waals surface area contributed by atoms with E-state index in [-0.39, 0.29) is 5.76 Å². The minimum Gasteiger partial charge on any atom is -0.496 e. The molecule has 100 valence electrons. The number of carboxylic acids is 1. The smallest absolute Gasteiger partial charge is 0.371 e. The lowest BCUT2D eigenvalue weighted by Crippen LogP contribution is -2.02. The van der Waals surface area contributed by atoms with Crippen molar-refractivity contribution >= 4 is 23.5 Å². The minimum absolute atomic E-state index is 0.117. The number of carbonyl (C=O) groups is 1. The number of nitrogens with one attached hydrogen (secondary N) is 1. The van der Waals surface area contributed by atoms with Gasteiger partial charge >= 0.3 is 5.97 Å². The number of halogens is 1. The molecule has 2 N–H and O–H groups in total. The Morgan fingerprint density at radius 1 is 1.42 bits per heavy atom. The van der Waals surface area contributed by atoms with E-state index >= 15 is 0 Å². The van der Waals surface area contributed by atoms with Crippen LogP contribution in [0.5, 0.6) is 5.75 Å². The van der Waals surface area contributed by atoms with Crippen LogP contribution in [0, 0.1) is 0 Å². The summed E-state index contributed by atoms with van der Waals surface area (Å²) in [6.45, 7) is 0.370. The van der Waals surface area contributed by atoms with Gasteiger partial charge in [0.1, 0.15) is 5.75 Å². The van der Waals surface area contributed by atoms with Crippen molar-refractivity contribution < 1.29 is 19.1 Å². The summed E-state index contributed by atoms with van der Waals surface area (Å²) in [6.07, 6.45) is 0. The molecule has 2 rings (SSSR count). The van der Waals surface area contributed by atoms with E-state index in [0.29, 0.717) is 23.2 Å². The van der Waals surface area contributed by atoms with Crippen molar-refractivity contribution in [2.75, 3.05) is 12.4 Å². The van der Waals surface area contributed by atoms with Gasteiger partial charge < -0.3 is 19.6 Å². The maximum atomic E-state index is 10.7. The van der Waals surface area contributed by atoms with Crippen LogP contribution in [0.25, 0.3) is 0 Å². The van der Waals surface area contributed by atoms with E-state index in [1.807, 2.05) is 0 Å². The predicted octanol–water partition coefficient (Wildman–Crippen LogP) is 3.25. The van der Waals surface area contributed by atoms with Crippen LogP contribution in [0.15, 0.2) is 34.7 Å². The second-order valence-electron chi connectivity index (χ2n) is 3.74. The molecule has 0 aliphatic rings. The van der Waals surface area contributed by atoms with E-state index in [1.54, 1.807) is 31.4 Å². The number of ether oxygens (including phenoxy) is 1. The third-order valence-electron chi connectivity index (χ3n) is 2.55. The predicted molar refractivity (Wildman–Crippen MR) is 71.0 cm³/mol. The zero-order valence-electron chi connectivity index (χ0n) is 10.1. The van der Waals surface area contributed by atoms with Crippen molar-refractivity contribution in [3.63, 3.8) is 0 Å². The number of anilines is 1. The van der Waals surface area contributed by atoms with E-state index in [2.05, 4.69) is 5.32 Å². The summed E-state index contributed by atoms with van der Waals surface area (Å²) < 4.78 is 10.3. The highest BCUT2D eigenvalue weighted by atomic mass is 35.5. The van der Waals surface area contributed by atoms with E-state index < -0.39 is 5.97 Å². The zero-order valence-corrected chi connectivity index (χ0v) is 10.9. The van der Waals surface area contributed by atoms with Crippen LogP contribution in [0.1, 0.15) is 16.1 Å². The van der Waals surface area contributed by atoms with Gasteiger partial charge in [0.15, 0.2) is 5.88 Å². The van der Waals surface area contributed by atoms with Gasteiger partial charge in [-0.25, -0.2) is 4.79 Å². The number of carboxylic acid groups (broad SMARTS) is 1. The highest BCUT2D eigenvalue weighted by Crippen LogP contribution is 2.27. The van der Waals surface area contributed by atoms with Crippen LogP contribution < -0.4 is 10.1 Å². The van der Waals surface area contributed by atoms with Crippen molar-refractivity contribution in [3.8, 4) is 5.75 Å². The Hall–Kier alpha value is -2.14. The fourth-order valence-corrected chi connectivity index (χ4v) is 1.86. The van der Waals surface area contributed by atoms with Gasteiger partial charge in [-0.1, -0.05) is 17.7 Å². The fourth-order valence-electron chi connectivity index (χ4n) is 1.63. The summed E-state index contributed by atoms with van der Waals surface area (Å²) in [4.78, 5) is 10.7. The Labute approximate surface area is 114 Å². The van der Waals surface area contributed by atoms with Crippen molar-refractivity contribution in [2.24, 2.45) is 0 Å². The lowest BCUT2D eigenvalue weighted by atomic mass is 10.2. The lowest BCUT2D eigenvalue weighted by molar-refractivity contribution is 0.0663. The van der Waals surface area contributed by atoms with Crippen molar-refractivity contribution in [2.45, 2.75) is 6.54 Å². The zero-order chi connectivity index (χ0) is 13.8. The second kappa shape index (κ2) is 5.67. The van der Waals surface area contributed by atoms with E-state index in [1.165, 1.54) is 6.07 Å². The quantitative estimate of drug-likeness (QED) is 0.880. The van der Waals surface area contributed by atoms with Crippen LogP contribution >= 0.6 is 11.6 Å². The van der Waals surface area contributed by atoms with Crippen LogP contribution in [-0.4, -0.2) is 18.2 Å². The van der Waals surface area contributed by atoms with Gasteiger partial charge in [0, 0.05) is 23.2 Å². The Balaban J connectivity index is 2.12. The number of benzene rings is 1. The first-order valence-corrected chi connectivity index (χ1v) is 5.88. The topological polar surface area (TPSA) is 71.7 Å².